The first kappa shape index (κ1) is 19.5. The second-order valence-electron chi connectivity index (χ2n) is 7.01. The van der Waals surface area contributed by atoms with Gasteiger partial charge in [0.25, 0.3) is 0 Å². The van der Waals surface area contributed by atoms with E-state index >= 15 is 0 Å². The number of aliphatic hydroxyl groups is 1. The smallest absolute Gasteiger partial charge is 0.194 e. The van der Waals surface area contributed by atoms with Gasteiger partial charge in [0, 0.05) is 50.6 Å². The monoisotopic (exact) mass is 381 g/mol. The Kier molecular flexibility index (Phi) is 6.83. The maximum absolute atomic E-state index is 10.8. The molecule has 2 fully saturated rings. The third-order valence-corrected chi connectivity index (χ3v) is 6.60. The Morgan fingerprint density at radius 1 is 1.42 bits per heavy atom. The summed E-state index contributed by atoms with van der Waals surface area (Å²) in [5.74, 6) is 1.97. The van der Waals surface area contributed by atoms with E-state index in [2.05, 4.69) is 34.1 Å². The van der Waals surface area contributed by atoms with Crippen molar-refractivity contribution in [2.75, 3.05) is 45.0 Å². The second-order valence-corrected chi connectivity index (χ2v) is 8.49. The van der Waals surface area contributed by atoms with Crippen LogP contribution >= 0.6 is 11.8 Å². The molecule has 1 aliphatic carbocycles. The number of nitrogens with one attached hydrogen (secondary N) is 1. The summed E-state index contributed by atoms with van der Waals surface area (Å²) < 4.78 is 4.91. The first-order valence-corrected chi connectivity index (χ1v) is 10.7. The summed E-state index contributed by atoms with van der Waals surface area (Å²) in [6.45, 7) is 10.2. The Balaban J connectivity index is 1.53. The topological polar surface area (TPSA) is 77.1 Å². The number of hydrogen-bond acceptors (Lipinski definition) is 6. The van der Waals surface area contributed by atoms with Crippen LogP contribution in [-0.2, 0) is 6.54 Å². The fourth-order valence-corrected chi connectivity index (χ4v) is 4.71. The molecule has 1 aromatic rings. The minimum atomic E-state index is -0.629. The van der Waals surface area contributed by atoms with Crippen LogP contribution in [0.3, 0.4) is 0 Å². The molecule has 3 rings (SSSR count). The molecule has 1 aliphatic heterocycles. The Hall–Kier alpha value is -1.25. The van der Waals surface area contributed by atoms with Crippen LogP contribution in [0.1, 0.15) is 32.4 Å². The first-order chi connectivity index (χ1) is 12.6. The summed E-state index contributed by atoms with van der Waals surface area (Å²) in [5, 5.41) is 18.5. The van der Waals surface area contributed by atoms with Gasteiger partial charge in [-0.2, -0.15) is 11.8 Å². The number of guanidine groups is 1. The Morgan fingerprint density at radius 3 is 2.81 bits per heavy atom. The fourth-order valence-electron chi connectivity index (χ4n) is 3.52. The molecular formula is C18H31N5O2S. The SMILES string of the molecule is CCNC(=NCC1(O)CCC1SCC)N1CCN(Cc2ccon2)CC1. The Morgan fingerprint density at radius 2 is 2.23 bits per heavy atom. The van der Waals surface area contributed by atoms with Crippen molar-refractivity contribution in [2.24, 2.45) is 4.99 Å². The number of nitrogens with zero attached hydrogens (tertiary/aromatic N) is 4. The van der Waals surface area contributed by atoms with Gasteiger partial charge in [0.2, 0.25) is 0 Å². The summed E-state index contributed by atoms with van der Waals surface area (Å²) in [7, 11) is 0. The van der Waals surface area contributed by atoms with E-state index in [1.54, 1.807) is 6.26 Å². The lowest BCUT2D eigenvalue weighted by atomic mass is 9.79. The van der Waals surface area contributed by atoms with Crippen LogP contribution in [-0.4, -0.2) is 81.9 Å². The van der Waals surface area contributed by atoms with Gasteiger partial charge in [0.1, 0.15) is 6.26 Å². The molecule has 7 nitrogen and oxygen atoms in total. The van der Waals surface area contributed by atoms with Crippen LogP contribution < -0.4 is 5.32 Å². The Labute approximate surface area is 160 Å². The average molecular weight is 382 g/mol. The molecule has 0 radical (unpaired) electrons. The summed E-state index contributed by atoms with van der Waals surface area (Å²) in [5.41, 5.74) is 0.349. The van der Waals surface area contributed by atoms with Gasteiger partial charge < -0.3 is 19.8 Å². The number of aromatic nitrogens is 1. The first-order valence-electron chi connectivity index (χ1n) is 9.63. The molecule has 2 unspecified atom stereocenters. The normalized spacial score (nSPS) is 27.4. The predicted octanol–water partition coefficient (Wildman–Crippen LogP) is 1.40. The van der Waals surface area contributed by atoms with Crippen LogP contribution in [0.25, 0.3) is 0 Å². The van der Waals surface area contributed by atoms with Gasteiger partial charge in [-0.1, -0.05) is 12.1 Å². The molecule has 1 saturated carbocycles. The van der Waals surface area contributed by atoms with Gasteiger partial charge in [-0.05, 0) is 25.5 Å². The van der Waals surface area contributed by atoms with E-state index in [-0.39, 0.29) is 0 Å². The second kappa shape index (κ2) is 9.10. The minimum Gasteiger partial charge on any atom is -0.387 e. The van der Waals surface area contributed by atoms with Crippen LogP contribution in [0.5, 0.6) is 0 Å². The largest absolute Gasteiger partial charge is 0.387 e. The zero-order valence-electron chi connectivity index (χ0n) is 15.9. The van der Waals surface area contributed by atoms with Crippen molar-refractivity contribution in [3.05, 3.63) is 18.0 Å². The van der Waals surface area contributed by atoms with E-state index in [0.29, 0.717) is 11.8 Å². The molecule has 2 N–H and O–H groups in total. The van der Waals surface area contributed by atoms with Crippen molar-refractivity contribution in [3.8, 4) is 0 Å². The van der Waals surface area contributed by atoms with Gasteiger partial charge in [-0.15, -0.1) is 0 Å². The van der Waals surface area contributed by atoms with E-state index in [1.165, 1.54) is 0 Å². The molecule has 26 heavy (non-hydrogen) atoms. The van der Waals surface area contributed by atoms with E-state index in [1.807, 2.05) is 17.8 Å². The molecule has 0 amide bonds. The minimum absolute atomic E-state index is 0.332. The molecule has 0 spiro atoms. The maximum Gasteiger partial charge on any atom is 0.194 e. The maximum atomic E-state index is 10.8. The molecule has 1 aromatic heterocycles. The molecule has 2 aliphatic rings. The Bertz CT molecular complexity index is 574. The number of rotatable bonds is 7. The average Bonchev–Trinajstić information content (AvgIpc) is 3.16. The zero-order valence-corrected chi connectivity index (χ0v) is 16.7. The third-order valence-electron chi connectivity index (χ3n) is 5.19. The highest BCUT2D eigenvalue weighted by Gasteiger charge is 2.45. The third kappa shape index (κ3) is 4.72. The highest BCUT2D eigenvalue weighted by atomic mass is 32.2. The van der Waals surface area contributed by atoms with Crippen LogP contribution in [0, 0.1) is 0 Å². The van der Waals surface area contributed by atoms with Crippen molar-refractivity contribution in [3.63, 3.8) is 0 Å². The lowest BCUT2D eigenvalue weighted by Gasteiger charge is -2.44. The number of hydrogen-bond donors (Lipinski definition) is 2. The predicted molar refractivity (Wildman–Crippen MR) is 105 cm³/mol. The zero-order chi connectivity index (χ0) is 18.4. The van der Waals surface area contributed by atoms with Gasteiger partial charge in [-0.25, -0.2) is 0 Å². The molecule has 2 heterocycles. The lowest BCUT2D eigenvalue weighted by molar-refractivity contribution is -0.0157. The van der Waals surface area contributed by atoms with E-state index in [9.17, 15) is 5.11 Å². The lowest BCUT2D eigenvalue weighted by Crippen LogP contribution is -2.55. The van der Waals surface area contributed by atoms with E-state index in [4.69, 9.17) is 9.52 Å². The molecule has 1 saturated heterocycles. The molecular weight excluding hydrogens is 350 g/mol. The molecule has 8 heteroatoms. The van der Waals surface area contributed by atoms with Crippen molar-refractivity contribution in [1.82, 2.24) is 20.3 Å². The highest BCUT2D eigenvalue weighted by molar-refractivity contribution is 8.00. The summed E-state index contributed by atoms with van der Waals surface area (Å²) in [6, 6.07) is 1.92. The van der Waals surface area contributed by atoms with Gasteiger partial charge in [0.15, 0.2) is 5.96 Å². The van der Waals surface area contributed by atoms with Gasteiger partial charge in [-0.3, -0.25) is 9.89 Å². The number of piperazine rings is 1. The standard InChI is InChI=1S/C18H31N5O2S/c1-3-19-17(20-14-18(24)7-5-16(18)26-4-2)23-10-8-22(9-11-23)13-15-6-12-25-21-15/h6,12,16,24H,3-5,7-11,13-14H2,1-2H3,(H,19,20). The van der Waals surface area contributed by atoms with E-state index < -0.39 is 5.60 Å². The summed E-state index contributed by atoms with van der Waals surface area (Å²) in [4.78, 5) is 9.47. The van der Waals surface area contributed by atoms with Crippen molar-refractivity contribution < 1.29 is 9.63 Å². The van der Waals surface area contributed by atoms with Gasteiger partial charge >= 0.3 is 0 Å². The number of aliphatic imine (C=N–C) groups is 1. The van der Waals surface area contributed by atoms with Crippen LogP contribution in [0.4, 0.5) is 0 Å². The van der Waals surface area contributed by atoms with Crippen molar-refractivity contribution >= 4 is 17.7 Å². The van der Waals surface area contributed by atoms with Crippen LogP contribution in [0.2, 0.25) is 0 Å². The summed E-state index contributed by atoms with van der Waals surface area (Å²) in [6.07, 6.45) is 3.58. The highest BCUT2D eigenvalue weighted by Crippen LogP contribution is 2.41. The molecule has 146 valence electrons. The van der Waals surface area contributed by atoms with E-state index in [0.717, 1.165) is 69.5 Å². The molecule has 2 atom stereocenters. The van der Waals surface area contributed by atoms with Gasteiger partial charge in [0.05, 0.1) is 17.8 Å². The molecule has 0 aromatic carbocycles. The fraction of sp³-hybridized carbons (Fsp3) is 0.778. The summed E-state index contributed by atoms with van der Waals surface area (Å²) >= 11 is 1.85. The molecule has 0 bridgehead atoms. The number of thioether (sulfide) groups is 1. The quantitative estimate of drug-likeness (QED) is 0.546. The van der Waals surface area contributed by atoms with Crippen molar-refractivity contribution in [2.45, 2.75) is 44.1 Å². The van der Waals surface area contributed by atoms with Crippen LogP contribution in [0.15, 0.2) is 21.8 Å². The van der Waals surface area contributed by atoms with Crippen molar-refractivity contribution in [1.29, 1.82) is 0 Å².